The van der Waals surface area contributed by atoms with Crippen LogP contribution in [0.1, 0.15) is 17.5 Å². The Labute approximate surface area is 117 Å². The molecule has 4 heteroatoms. The van der Waals surface area contributed by atoms with Crippen LogP contribution in [0, 0.1) is 0 Å². The molecular weight excluding hydrogens is 250 g/mol. The highest BCUT2D eigenvalue weighted by molar-refractivity contribution is 5.80. The van der Waals surface area contributed by atoms with E-state index in [2.05, 4.69) is 28.5 Å². The average Bonchev–Trinajstić information content (AvgIpc) is 3.09. The van der Waals surface area contributed by atoms with E-state index >= 15 is 0 Å². The fraction of sp³-hybridized carbons (Fsp3) is 0.312. The lowest BCUT2D eigenvalue weighted by Crippen LogP contribution is -2.39. The van der Waals surface area contributed by atoms with E-state index in [-0.39, 0.29) is 5.54 Å². The van der Waals surface area contributed by atoms with Gasteiger partial charge in [-0.3, -0.25) is 0 Å². The monoisotopic (exact) mass is 267 g/mol. The maximum absolute atomic E-state index is 5.79. The smallest absolute Gasteiger partial charge is 0.189 e. The first-order valence-corrected chi connectivity index (χ1v) is 7.00. The van der Waals surface area contributed by atoms with Crippen molar-refractivity contribution in [1.82, 2.24) is 5.32 Å². The Balaban J connectivity index is 1.76. The number of nitrogens with zero attached hydrogens (tertiary/aromatic N) is 1. The number of nitrogens with one attached hydrogen (secondary N) is 1. The van der Waals surface area contributed by atoms with E-state index in [1.807, 2.05) is 12.1 Å². The van der Waals surface area contributed by atoms with Crippen LogP contribution in [0.4, 0.5) is 0 Å². The molecule has 0 radical (unpaired) electrons. The minimum atomic E-state index is -0.0428. The van der Waals surface area contributed by atoms with Gasteiger partial charge >= 0.3 is 0 Å². The molecule has 2 heterocycles. The summed E-state index contributed by atoms with van der Waals surface area (Å²) in [5.41, 5.74) is 9.72. The Hall–Kier alpha value is -2.23. The van der Waals surface area contributed by atoms with Gasteiger partial charge in [-0.05, 0) is 42.5 Å². The third kappa shape index (κ3) is 1.72. The molecule has 0 saturated heterocycles. The minimum absolute atomic E-state index is 0.0428. The second kappa shape index (κ2) is 4.13. The molecule has 0 saturated carbocycles. The second-order valence-electron chi connectivity index (χ2n) is 5.67. The molecule has 1 aromatic carbocycles. The normalized spacial score (nSPS) is 24.3. The average molecular weight is 267 g/mol. The topological polar surface area (TPSA) is 63.5 Å². The van der Waals surface area contributed by atoms with E-state index in [0.717, 1.165) is 31.6 Å². The summed E-state index contributed by atoms with van der Waals surface area (Å²) in [6.07, 6.45) is 4.73. The maximum Gasteiger partial charge on any atom is 0.189 e. The Bertz CT molecular complexity index is 675. The van der Waals surface area contributed by atoms with Crippen molar-refractivity contribution in [3.8, 4) is 11.3 Å². The van der Waals surface area contributed by atoms with E-state index in [4.69, 9.17) is 10.2 Å². The molecule has 3 N–H and O–H groups in total. The van der Waals surface area contributed by atoms with Crippen LogP contribution >= 0.6 is 0 Å². The van der Waals surface area contributed by atoms with E-state index in [1.165, 1.54) is 16.7 Å². The SMILES string of the molecule is NC1=N[C@@]2(CCc3c(cccc3-c3ccco3)C2)CN1. The summed E-state index contributed by atoms with van der Waals surface area (Å²) in [6, 6.07) is 10.4. The molecule has 4 nitrogen and oxygen atoms in total. The number of hydrogen-bond acceptors (Lipinski definition) is 4. The van der Waals surface area contributed by atoms with E-state index in [0.29, 0.717) is 5.96 Å². The van der Waals surface area contributed by atoms with E-state index < -0.39 is 0 Å². The van der Waals surface area contributed by atoms with E-state index in [9.17, 15) is 0 Å². The molecule has 1 aromatic heterocycles. The number of hydrogen-bond donors (Lipinski definition) is 2. The lowest BCUT2D eigenvalue weighted by atomic mass is 9.77. The first-order valence-electron chi connectivity index (χ1n) is 7.00. The quantitative estimate of drug-likeness (QED) is 0.831. The van der Waals surface area contributed by atoms with Gasteiger partial charge in [-0.15, -0.1) is 0 Å². The van der Waals surface area contributed by atoms with Gasteiger partial charge < -0.3 is 15.5 Å². The highest BCUT2D eigenvalue weighted by atomic mass is 16.3. The van der Waals surface area contributed by atoms with Crippen LogP contribution in [-0.2, 0) is 12.8 Å². The zero-order valence-electron chi connectivity index (χ0n) is 11.2. The third-order valence-electron chi connectivity index (χ3n) is 4.38. The molecule has 20 heavy (non-hydrogen) atoms. The Kier molecular flexibility index (Phi) is 2.39. The number of benzene rings is 1. The highest BCUT2D eigenvalue weighted by Crippen LogP contribution is 2.37. The molecule has 2 aliphatic rings. The van der Waals surface area contributed by atoms with Crippen molar-refractivity contribution in [1.29, 1.82) is 0 Å². The number of furan rings is 1. The van der Waals surface area contributed by atoms with Crippen LogP contribution in [0.5, 0.6) is 0 Å². The van der Waals surface area contributed by atoms with Crippen molar-refractivity contribution >= 4 is 5.96 Å². The molecule has 1 aliphatic carbocycles. The lowest BCUT2D eigenvalue weighted by Gasteiger charge is -2.32. The molecule has 4 rings (SSSR count). The van der Waals surface area contributed by atoms with Crippen LogP contribution in [0.2, 0.25) is 0 Å². The third-order valence-corrected chi connectivity index (χ3v) is 4.38. The summed E-state index contributed by atoms with van der Waals surface area (Å²) >= 11 is 0. The Morgan fingerprint density at radius 1 is 1.25 bits per heavy atom. The van der Waals surface area contributed by atoms with Crippen molar-refractivity contribution in [2.24, 2.45) is 10.7 Å². The standard InChI is InChI=1S/C16H17N3O/c17-15-18-10-16(19-15)7-6-12-11(9-16)3-1-4-13(12)14-5-2-8-20-14/h1-5,8H,6-7,9-10H2,(H3,17,18,19)/t16-/m1/s1. The number of rotatable bonds is 1. The first kappa shape index (κ1) is 11.6. The van der Waals surface area contributed by atoms with Crippen LogP contribution in [0.25, 0.3) is 11.3 Å². The number of guanidine groups is 1. The van der Waals surface area contributed by atoms with Crippen LogP contribution in [0.15, 0.2) is 46.0 Å². The van der Waals surface area contributed by atoms with Crippen molar-refractivity contribution in [2.75, 3.05) is 6.54 Å². The molecule has 0 fully saturated rings. The van der Waals surface area contributed by atoms with Gasteiger partial charge in [0.05, 0.1) is 11.8 Å². The van der Waals surface area contributed by atoms with Gasteiger partial charge in [0, 0.05) is 12.1 Å². The van der Waals surface area contributed by atoms with Gasteiger partial charge in [0.1, 0.15) is 5.76 Å². The van der Waals surface area contributed by atoms with Gasteiger partial charge in [0.15, 0.2) is 5.96 Å². The number of fused-ring (bicyclic) bond motifs is 1. The summed E-state index contributed by atoms with van der Waals surface area (Å²) < 4.78 is 5.56. The predicted octanol–water partition coefficient (Wildman–Crippen LogP) is 2.09. The summed E-state index contributed by atoms with van der Waals surface area (Å²) in [5, 5.41) is 3.16. The molecule has 0 bridgehead atoms. The van der Waals surface area contributed by atoms with E-state index in [1.54, 1.807) is 6.26 Å². The summed E-state index contributed by atoms with van der Waals surface area (Å²) in [4.78, 5) is 4.63. The molecule has 102 valence electrons. The summed E-state index contributed by atoms with van der Waals surface area (Å²) in [7, 11) is 0. The van der Waals surface area contributed by atoms with Gasteiger partial charge in [0.2, 0.25) is 0 Å². The van der Waals surface area contributed by atoms with Crippen LogP contribution in [-0.4, -0.2) is 18.0 Å². The largest absolute Gasteiger partial charge is 0.464 e. The fourth-order valence-electron chi connectivity index (χ4n) is 3.39. The zero-order valence-corrected chi connectivity index (χ0v) is 11.2. The van der Waals surface area contributed by atoms with Crippen molar-refractivity contribution in [3.63, 3.8) is 0 Å². The van der Waals surface area contributed by atoms with Gasteiger partial charge in [-0.25, -0.2) is 4.99 Å². The molecule has 0 unspecified atom stereocenters. The Morgan fingerprint density at radius 2 is 2.20 bits per heavy atom. The predicted molar refractivity (Wildman–Crippen MR) is 78.5 cm³/mol. The molecular formula is C16H17N3O. The highest BCUT2D eigenvalue weighted by Gasteiger charge is 2.38. The Morgan fingerprint density at radius 3 is 2.95 bits per heavy atom. The van der Waals surface area contributed by atoms with Gasteiger partial charge in [-0.1, -0.05) is 18.2 Å². The minimum Gasteiger partial charge on any atom is -0.464 e. The number of nitrogens with two attached hydrogens (primary N) is 1. The summed E-state index contributed by atoms with van der Waals surface area (Å²) in [5.74, 6) is 1.53. The van der Waals surface area contributed by atoms with Gasteiger partial charge in [-0.2, -0.15) is 0 Å². The van der Waals surface area contributed by atoms with Crippen molar-refractivity contribution in [2.45, 2.75) is 24.8 Å². The van der Waals surface area contributed by atoms with Crippen molar-refractivity contribution in [3.05, 3.63) is 47.7 Å². The fourth-order valence-corrected chi connectivity index (χ4v) is 3.39. The summed E-state index contributed by atoms with van der Waals surface area (Å²) in [6.45, 7) is 0.850. The molecule has 0 amide bonds. The number of aliphatic imine (C=N–C) groups is 1. The molecule has 1 aliphatic heterocycles. The molecule has 1 atom stereocenters. The second-order valence-corrected chi connectivity index (χ2v) is 5.67. The lowest BCUT2D eigenvalue weighted by molar-refractivity contribution is 0.394. The molecule has 2 aromatic rings. The van der Waals surface area contributed by atoms with Gasteiger partial charge in [0.25, 0.3) is 0 Å². The molecule has 1 spiro atoms. The van der Waals surface area contributed by atoms with Crippen LogP contribution < -0.4 is 11.1 Å². The maximum atomic E-state index is 5.79. The zero-order chi connectivity index (χ0) is 13.6. The van der Waals surface area contributed by atoms with Crippen molar-refractivity contribution < 1.29 is 4.42 Å². The first-order chi connectivity index (χ1) is 9.76. The van der Waals surface area contributed by atoms with Crippen LogP contribution in [0.3, 0.4) is 0 Å².